The van der Waals surface area contributed by atoms with E-state index in [2.05, 4.69) is 21.1 Å². The topological polar surface area (TPSA) is 43.1 Å². The van der Waals surface area contributed by atoms with E-state index in [1.165, 1.54) is 6.20 Å². The van der Waals surface area contributed by atoms with E-state index in [1.54, 1.807) is 0 Å². The van der Waals surface area contributed by atoms with Crippen molar-refractivity contribution in [1.82, 2.24) is 5.16 Å². The molecule has 1 fully saturated rings. The van der Waals surface area contributed by atoms with E-state index in [4.69, 9.17) is 4.52 Å². The fourth-order valence-corrected chi connectivity index (χ4v) is 2.56. The number of hydrogen-bond donors (Lipinski definition) is 0. The molecule has 3 nitrogen and oxygen atoms in total. The second kappa shape index (κ2) is 4.35. The fourth-order valence-electron chi connectivity index (χ4n) is 2.09. The van der Waals surface area contributed by atoms with E-state index in [1.807, 2.05) is 25.1 Å². The monoisotopic (exact) mass is 305 g/mol. The first-order valence-corrected chi connectivity index (χ1v) is 6.71. The van der Waals surface area contributed by atoms with Gasteiger partial charge in [0.25, 0.3) is 0 Å². The molecule has 92 valence electrons. The Morgan fingerprint density at radius 3 is 2.83 bits per heavy atom. The number of aromatic nitrogens is 1. The molecule has 0 atom stereocenters. The second-order valence-electron chi connectivity index (χ2n) is 4.67. The lowest BCUT2D eigenvalue weighted by atomic mass is 9.99. The van der Waals surface area contributed by atoms with Crippen LogP contribution in [0.25, 0.3) is 0 Å². The summed E-state index contributed by atoms with van der Waals surface area (Å²) in [7, 11) is 0. The average Bonchev–Trinajstić information content (AvgIpc) is 3.06. The summed E-state index contributed by atoms with van der Waals surface area (Å²) in [6.45, 7) is 1.93. The number of ketones is 1. The zero-order valence-corrected chi connectivity index (χ0v) is 11.5. The van der Waals surface area contributed by atoms with Crippen LogP contribution in [0.2, 0.25) is 0 Å². The minimum absolute atomic E-state index is 0.00292. The molecule has 3 rings (SSSR count). The molecule has 0 spiro atoms. The Morgan fingerprint density at radius 2 is 2.17 bits per heavy atom. The van der Waals surface area contributed by atoms with E-state index in [-0.39, 0.29) is 5.78 Å². The van der Waals surface area contributed by atoms with Crippen LogP contribution in [0.1, 0.15) is 46.0 Å². The molecule has 1 aromatic heterocycles. The van der Waals surface area contributed by atoms with Crippen LogP contribution in [0.5, 0.6) is 0 Å². The molecule has 0 amide bonds. The van der Waals surface area contributed by atoms with Gasteiger partial charge in [0, 0.05) is 16.0 Å². The average molecular weight is 306 g/mol. The summed E-state index contributed by atoms with van der Waals surface area (Å²) in [6, 6.07) is 5.66. The standard InChI is InChI=1S/C14H12BrNO2/c1-8-6-10(15)4-5-11(8)13(17)12-7-16-18-14(12)9-2-3-9/h4-7,9H,2-3H2,1H3. The summed E-state index contributed by atoms with van der Waals surface area (Å²) in [5, 5.41) is 3.77. The smallest absolute Gasteiger partial charge is 0.198 e. The van der Waals surface area contributed by atoms with Crippen LogP contribution in [0.4, 0.5) is 0 Å². The first-order valence-electron chi connectivity index (χ1n) is 5.92. The van der Waals surface area contributed by atoms with Gasteiger partial charge in [0.2, 0.25) is 0 Å². The van der Waals surface area contributed by atoms with Gasteiger partial charge in [-0.05, 0) is 43.5 Å². The van der Waals surface area contributed by atoms with E-state index in [0.717, 1.165) is 28.6 Å². The molecular weight excluding hydrogens is 294 g/mol. The molecule has 18 heavy (non-hydrogen) atoms. The highest BCUT2D eigenvalue weighted by molar-refractivity contribution is 9.10. The van der Waals surface area contributed by atoms with Gasteiger partial charge in [-0.3, -0.25) is 4.79 Å². The Hall–Kier alpha value is -1.42. The Bertz CT molecular complexity index is 614. The van der Waals surface area contributed by atoms with Gasteiger partial charge in [0.1, 0.15) is 0 Å². The molecule has 0 bridgehead atoms. The molecular formula is C14H12BrNO2. The predicted octanol–water partition coefficient (Wildman–Crippen LogP) is 3.85. The summed E-state index contributed by atoms with van der Waals surface area (Å²) < 4.78 is 6.19. The maximum atomic E-state index is 12.5. The van der Waals surface area contributed by atoms with Crippen LogP contribution in [-0.4, -0.2) is 10.9 Å². The Balaban J connectivity index is 2.00. The predicted molar refractivity (Wildman–Crippen MR) is 70.8 cm³/mol. The van der Waals surface area contributed by atoms with Crippen LogP contribution in [0.3, 0.4) is 0 Å². The number of carbonyl (C=O) groups excluding carboxylic acids is 1. The molecule has 0 radical (unpaired) electrons. The largest absolute Gasteiger partial charge is 0.360 e. The van der Waals surface area contributed by atoms with Gasteiger partial charge in [-0.2, -0.15) is 0 Å². The number of carbonyl (C=O) groups is 1. The van der Waals surface area contributed by atoms with Gasteiger partial charge in [-0.1, -0.05) is 21.1 Å². The van der Waals surface area contributed by atoms with Crippen LogP contribution in [0.15, 0.2) is 33.4 Å². The van der Waals surface area contributed by atoms with Gasteiger partial charge in [0.05, 0.1) is 11.8 Å². The SMILES string of the molecule is Cc1cc(Br)ccc1C(=O)c1cnoc1C1CC1. The van der Waals surface area contributed by atoms with E-state index in [0.29, 0.717) is 17.0 Å². The minimum atomic E-state index is 0.00292. The van der Waals surface area contributed by atoms with Crippen molar-refractivity contribution in [1.29, 1.82) is 0 Å². The maximum absolute atomic E-state index is 12.5. The summed E-state index contributed by atoms with van der Waals surface area (Å²) in [5.41, 5.74) is 2.28. The number of rotatable bonds is 3. The third kappa shape index (κ3) is 2.01. The molecule has 1 saturated carbocycles. The van der Waals surface area contributed by atoms with Crippen molar-refractivity contribution in [2.45, 2.75) is 25.7 Å². The zero-order valence-electron chi connectivity index (χ0n) is 9.94. The summed E-state index contributed by atoms with van der Waals surface area (Å²) in [4.78, 5) is 12.5. The molecule has 0 saturated heterocycles. The summed E-state index contributed by atoms with van der Waals surface area (Å²) in [6.07, 6.45) is 3.72. The molecule has 4 heteroatoms. The number of halogens is 1. The van der Waals surface area contributed by atoms with Crippen molar-refractivity contribution in [2.75, 3.05) is 0 Å². The molecule has 0 aliphatic heterocycles. The van der Waals surface area contributed by atoms with Gasteiger partial charge in [-0.15, -0.1) is 0 Å². The lowest BCUT2D eigenvalue weighted by molar-refractivity contribution is 0.103. The normalized spacial score (nSPS) is 14.8. The van der Waals surface area contributed by atoms with Crippen molar-refractivity contribution in [3.8, 4) is 0 Å². The van der Waals surface area contributed by atoms with Crippen LogP contribution < -0.4 is 0 Å². The van der Waals surface area contributed by atoms with Gasteiger partial charge >= 0.3 is 0 Å². The number of benzene rings is 1. The lowest BCUT2D eigenvalue weighted by Crippen LogP contribution is -2.04. The Morgan fingerprint density at radius 1 is 1.39 bits per heavy atom. The molecule has 0 unspecified atom stereocenters. The van der Waals surface area contributed by atoms with Crippen molar-refractivity contribution >= 4 is 21.7 Å². The Labute approximate surface area is 113 Å². The second-order valence-corrected chi connectivity index (χ2v) is 5.58. The third-order valence-electron chi connectivity index (χ3n) is 3.22. The molecule has 1 aliphatic carbocycles. The van der Waals surface area contributed by atoms with E-state index >= 15 is 0 Å². The highest BCUT2D eigenvalue weighted by Crippen LogP contribution is 2.42. The number of nitrogens with zero attached hydrogens (tertiary/aromatic N) is 1. The number of aryl methyl sites for hydroxylation is 1. The Kier molecular flexibility index (Phi) is 2.82. The van der Waals surface area contributed by atoms with Crippen LogP contribution in [0, 0.1) is 6.92 Å². The highest BCUT2D eigenvalue weighted by Gasteiger charge is 2.32. The van der Waals surface area contributed by atoms with Crippen molar-refractivity contribution in [2.24, 2.45) is 0 Å². The molecule has 2 aromatic rings. The van der Waals surface area contributed by atoms with E-state index < -0.39 is 0 Å². The van der Waals surface area contributed by atoms with Gasteiger partial charge < -0.3 is 4.52 Å². The quantitative estimate of drug-likeness (QED) is 0.809. The molecule has 1 aromatic carbocycles. The van der Waals surface area contributed by atoms with E-state index in [9.17, 15) is 4.79 Å². The summed E-state index contributed by atoms with van der Waals surface area (Å²) in [5.74, 6) is 1.15. The fraction of sp³-hybridized carbons (Fsp3) is 0.286. The lowest BCUT2D eigenvalue weighted by Gasteiger charge is -2.04. The first-order chi connectivity index (χ1) is 8.66. The van der Waals surface area contributed by atoms with Crippen molar-refractivity contribution in [3.05, 3.63) is 51.3 Å². The van der Waals surface area contributed by atoms with Crippen molar-refractivity contribution < 1.29 is 9.32 Å². The van der Waals surface area contributed by atoms with Crippen molar-refractivity contribution in [3.63, 3.8) is 0 Å². The maximum Gasteiger partial charge on any atom is 0.198 e. The number of hydrogen-bond acceptors (Lipinski definition) is 3. The van der Waals surface area contributed by atoms with Gasteiger partial charge in [0.15, 0.2) is 11.5 Å². The summed E-state index contributed by atoms with van der Waals surface area (Å²) >= 11 is 3.40. The van der Waals surface area contributed by atoms with Crippen LogP contribution in [-0.2, 0) is 0 Å². The highest BCUT2D eigenvalue weighted by atomic mass is 79.9. The van der Waals surface area contributed by atoms with Gasteiger partial charge in [-0.25, -0.2) is 0 Å². The minimum Gasteiger partial charge on any atom is -0.360 e. The zero-order chi connectivity index (χ0) is 12.7. The van der Waals surface area contributed by atoms with Crippen LogP contribution >= 0.6 is 15.9 Å². The molecule has 0 N–H and O–H groups in total. The third-order valence-corrected chi connectivity index (χ3v) is 3.72. The first kappa shape index (κ1) is 11.7. The molecule has 1 heterocycles. The molecule has 1 aliphatic rings.